The molecule has 0 saturated carbocycles. The second-order valence-electron chi connectivity index (χ2n) is 6.03. The van der Waals surface area contributed by atoms with Crippen molar-refractivity contribution in [1.82, 2.24) is 0 Å². The molecule has 7 heteroatoms. The lowest BCUT2D eigenvalue weighted by Crippen LogP contribution is -2.38. The van der Waals surface area contributed by atoms with Crippen LogP contribution in [0.3, 0.4) is 0 Å². The van der Waals surface area contributed by atoms with Crippen molar-refractivity contribution in [2.75, 3.05) is 21.9 Å². The van der Waals surface area contributed by atoms with E-state index in [1.54, 1.807) is 24.3 Å². The number of benzene rings is 2. The lowest BCUT2D eigenvalue weighted by atomic mass is 10.1. The van der Waals surface area contributed by atoms with Crippen molar-refractivity contribution in [2.45, 2.75) is 19.8 Å². The molecule has 2 aromatic carbocycles. The van der Waals surface area contributed by atoms with Crippen LogP contribution in [0.2, 0.25) is 0 Å². The Labute approximate surface area is 146 Å². The van der Waals surface area contributed by atoms with Crippen molar-refractivity contribution in [1.29, 1.82) is 0 Å². The number of aryl methyl sites for hydroxylation is 1. The van der Waals surface area contributed by atoms with Gasteiger partial charge in [0.15, 0.2) is 0 Å². The first-order valence-electron chi connectivity index (χ1n) is 8.05. The quantitative estimate of drug-likeness (QED) is 0.911. The summed E-state index contributed by atoms with van der Waals surface area (Å²) in [6.07, 6.45) is 1.45. The second kappa shape index (κ2) is 6.84. The van der Waals surface area contributed by atoms with Crippen LogP contribution in [0, 0.1) is 12.7 Å². The van der Waals surface area contributed by atoms with Crippen LogP contribution in [0.1, 0.15) is 28.8 Å². The number of nitrogens with zero attached hydrogens (tertiary/aromatic N) is 1. The van der Waals surface area contributed by atoms with Crippen molar-refractivity contribution >= 4 is 27.3 Å². The number of halogens is 1. The zero-order valence-corrected chi connectivity index (χ0v) is 14.6. The third-order valence-electron chi connectivity index (χ3n) is 4.20. The average Bonchev–Trinajstić information content (AvgIpc) is 2.57. The number of rotatable bonds is 3. The largest absolute Gasteiger partial charge is 0.322 e. The molecule has 1 fully saturated rings. The Balaban J connectivity index is 1.89. The zero-order chi connectivity index (χ0) is 18.0. The Kier molecular flexibility index (Phi) is 4.76. The Bertz CT molecular complexity index is 912. The van der Waals surface area contributed by atoms with Gasteiger partial charge in [-0.25, -0.2) is 12.8 Å². The van der Waals surface area contributed by atoms with Gasteiger partial charge < -0.3 is 5.32 Å². The van der Waals surface area contributed by atoms with Gasteiger partial charge in [0, 0.05) is 12.2 Å². The van der Waals surface area contributed by atoms with E-state index in [2.05, 4.69) is 5.32 Å². The van der Waals surface area contributed by atoms with E-state index in [0.717, 1.165) is 12.0 Å². The summed E-state index contributed by atoms with van der Waals surface area (Å²) in [6, 6.07) is 10.8. The summed E-state index contributed by atoms with van der Waals surface area (Å²) in [5.41, 5.74) is 1.71. The SMILES string of the molecule is Cc1ccc(NC(=O)c2ccccc2F)cc1N1CCCCS1(=O)=O. The van der Waals surface area contributed by atoms with Crippen LogP contribution >= 0.6 is 0 Å². The highest BCUT2D eigenvalue weighted by atomic mass is 32.2. The van der Waals surface area contributed by atoms with Gasteiger partial charge >= 0.3 is 0 Å². The Morgan fingerprint density at radius 1 is 1.16 bits per heavy atom. The summed E-state index contributed by atoms with van der Waals surface area (Å²) in [5, 5.41) is 2.63. The number of sulfonamides is 1. The predicted molar refractivity (Wildman–Crippen MR) is 95.9 cm³/mol. The highest BCUT2D eigenvalue weighted by Crippen LogP contribution is 2.29. The van der Waals surface area contributed by atoms with E-state index in [1.807, 2.05) is 6.92 Å². The minimum absolute atomic E-state index is 0.0600. The molecule has 1 amide bonds. The summed E-state index contributed by atoms with van der Waals surface area (Å²) in [6.45, 7) is 2.25. The van der Waals surface area contributed by atoms with Gasteiger partial charge in [0.2, 0.25) is 10.0 Å². The summed E-state index contributed by atoms with van der Waals surface area (Å²) in [7, 11) is -3.34. The minimum Gasteiger partial charge on any atom is -0.322 e. The van der Waals surface area contributed by atoms with Crippen molar-refractivity contribution in [3.05, 3.63) is 59.4 Å². The Morgan fingerprint density at radius 2 is 1.92 bits per heavy atom. The summed E-state index contributed by atoms with van der Waals surface area (Å²) >= 11 is 0. The fourth-order valence-corrected chi connectivity index (χ4v) is 4.55. The van der Waals surface area contributed by atoms with Crippen LogP contribution in [-0.2, 0) is 10.0 Å². The van der Waals surface area contributed by atoms with E-state index in [4.69, 9.17) is 0 Å². The molecule has 1 heterocycles. The van der Waals surface area contributed by atoms with Crippen LogP contribution in [-0.4, -0.2) is 26.6 Å². The van der Waals surface area contributed by atoms with Gasteiger partial charge in [-0.05, 0) is 49.6 Å². The maximum atomic E-state index is 13.7. The molecule has 132 valence electrons. The molecule has 0 radical (unpaired) electrons. The average molecular weight is 362 g/mol. The molecule has 5 nitrogen and oxygen atoms in total. The van der Waals surface area contributed by atoms with Gasteiger partial charge in [-0.3, -0.25) is 9.10 Å². The smallest absolute Gasteiger partial charge is 0.258 e. The minimum atomic E-state index is -3.34. The van der Waals surface area contributed by atoms with Crippen LogP contribution in [0.4, 0.5) is 15.8 Å². The number of hydrogen-bond acceptors (Lipinski definition) is 3. The third-order valence-corrected chi connectivity index (χ3v) is 6.06. The number of hydrogen-bond donors (Lipinski definition) is 1. The van der Waals surface area contributed by atoms with E-state index in [0.29, 0.717) is 24.3 Å². The summed E-state index contributed by atoms with van der Waals surface area (Å²) < 4.78 is 39.8. The molecule has 0 aromatic heterocycles. The molecule has 1 aliphatic heterocycles. The molecule has 0 aliphatic carbocycles. The summed E-state index contributed by atoms with van der Waals surface area (Å²) in [4.78, 5) is 12.3. The van der Waals surface area contributed by atoms with Crippen molar-refractivity contribution < 1.29 is 17.6 Å². The van der Waals surface area contributed by atoms with Gasteiger partial charge in [0.25, 0.3) is 5.91 Å². The van der Waals surface area contributed by atoms with Crippen molar-refractivity contribution in [2.24, 2.45) is 0 Å². The van der Waals surface area contributed by atoms with Crippen LogP contribution in [0.25, 0.3) is 0 Å². The molecule has 1 N–H and O–H groups in total. The van der Waals surface area contributed by atoms with Crippen LogP contribution < -0.4 is 9.62 Å². The Morgan fingerprint density at radius 3 is 2.64 bits per heavy atom. The normalized spacial score (nSPS) is 16.5. The second-order valence-corrected chi connectivity index (χ2v) is 8.04. The predicted octanol–water partition coefficient (Wildman–Crippen LogP) is 3.32. The lowest BCUT2D eigenvalue weighted by molar-refractivity contribution is 0.102. The third kappa shape index (κ3) is 3.66. The Hall–Kier alpha value is -2.41. The van der Waals surface area contributed by atoms with Gasteiger partial charge in [0.1, 0.15) is 5.82 Å². The molecule has 1 saturated heterocycles. The maximum absolute atomic E-state index is 13.7. The molecule has 0 bridgehead atoms. The van der Waals surface area contributed by atoms with E-state index >= 15 is 0 Å². The fourth-order valence-electron chi connectivity index (χ4n) is 2.86. The number of carbonyl (C=O) groups excluding carboxylic acids is 1. The fraction of sp³-hybridized carbons (Fsp3) is 0.278. The van der Waals surface area contributed by atoms with Gasteiger partial charge in [-0.1, -0.05) is 18.2 Å². The summed E-state index contributed by atoms with van der Waals surface area (Å²) in [5.74, 6) is -1.06. The zero-order valence-electron chi connectivity index (χ0n) is 13.8. The number of nitrogens with one attached hydrogen (secondary N) is 1. The standard InChI is InChI=1S/C18H19FN2O3S/c1-13-8-9-14(20-18(22)15-6-2-3-7-16(15)19)12-17(13)21-10-4-5-11-25(21,23)24/h2-3,6-9,12H,4-5,10-11H2,1H3,(H,20,22). The molecular weight excluding hydrogens is 343 g/mol. The van der Waals surface area contributed by atoms with Crippen molar-refractivity contribution in [3.8, 4) is 0 Å². The molecule has 1 aliphatic rings. The number of carbonyl (C=O) groups is 1. The first-order chi connectivity index (χ1) is 11.9. The number of anilines is 2. The molecule has 0 spiro atoms. The van der Waals surface area contributed by atoms with Gasteiger partial charge in [0.05, 0.1) is 17.0 Å². The van der Waals surface area contributed by atoms with Crippen LogP contribution in [0.5, 0.6) is 0 Å². The maximum Gasteiger partial charge on any atom is 0.258 e. The van der Waals surface area contributed by atoms with Crippen LogP contribution in [0.15, 0.2) is 42.5 Å². The van der Waals surface area contributed by atoms with Gasteiger partial charge in [-0.2, -0.15) is 0 Å². The van der Waals surface area contributed by atoms with E-state index in [1.165, 1.54) is 22.5 Å². The molecule has 3 rings (SSSR count). The highest BCUT2D eigenvalue weighted by molar-refractivity contribution is 7.92. The molecule has 25 heavy (non-hydrogen) atoms. The van der Waals surface area contributed by atoms with Gasteiger partial charge in [-0.15, -0.1) is 0 Å². The molecule has 2 aromatic rings. The lowest BCUT2D eigenvalue weighted by Gasteiger charge is -2.29. The first-order valence-corrected chi connectivity index (χ1v) is 9.66. The molecular formula is C18H19FN2O3S. The van der Waals surface area contributed by atoms with E-state index in [9.17, 15) is 17.6 Å². The van der Waals surface area contributed by atoms with Crippen molar-refractivity contribution in [3.63, 3.8) is 0 Å². The van der Waals surface area contributed by atoms with E-state index < -0.39 is 21.7 Å². The molecule has 0 atom stereocenters. The van der Waals surface area contributed by atoms with E-state index in [-0.39, 0.29) is 11.3 Å². The molecule has 0 unspecified atom stereocenters. The topological polar surface area (TPSA) is 66.5 Å². The highest BCUT2D eigenvalue weighted by Gasteiger charge is 2.27. The first kappa shape index (κ1) is 17.4. The number of amides is 1. The monoisotopic (exact) mass is 362 g/mol.